The number of phenols is 1. The van der Waals surface area contributed by atoms with E-state index in [1.807, 2.05) is 27.7 Å². The molecule has 0 heterocycles. The normalized spacial score (nSPS) is 13.1. The Morgan fingerprint density at radius 3 is 1.72 bits per heavy atom. The molecule has 0 aliphatic heterocycles. The van der Waals surface area contributed by atoms with Crippen molar-refractivity contribution in [2.24, 2.45) is 0 Å². The van der Waals surface area contributed by atoms with Gasteiger partial charge in [0.2, 0.25) is 0 Å². The first-order chi connectivity index (χ1) is 8.25. The van der Waals surface area contributed by atoms with Crippen LogP contribution in [0.15, 0.2) is 12.1 Å². The van der Waals surface area contributed by atoms with Gasteiger partial charge in [-0.1, -0.05) is 27.7 Å². The van der Waals surface area contributed by atoms with Gasteiger partial charge in [-0.05, 0) is 40.7 Å². The van der Waals surface area contributed by atoms with Gasteiger partial charge >= 0.3 is 5.97 Å². The Hall–Kier alpha value is -1.55. The number of carbonyl (C=O) groups is 1. The Morgan fingerprint density at radius 1 is 1.06 bits per heavy atom. The van der Waals surface area contributed by atoms with Gasteiger partial charge in [-0.15, -0.1) is 0 Å². The summed E-state index contributed by atoms with van der Waals surface area (Å²) in [5, 5.41) is 28.6. The van der Waals surface area contributed by atoms with E-state index in [1.165, 1.54) is 0 Å². The maximum atomic E-state index is 10.8. The van der Waals surface area contributed by atoms with Gasteiger partial charge in [0.1, 0.15) is 5.75 Å². The number of carboxylic acid groups (broad SMARTS) is 1. The van der Waals surface area contributed by atoms with Crippen molar-refractivity contribution in [2.45, 2.75) is 45.6 Å². The van der Waals surface area contributed by atoms with E-state index in [9.17, 15) is 15.0 Å². The number of benzene rings is 1. The summed E-state index contributed by atoms with van der Waals surface area (Å²) in [6.07, 6.45) is -1.56. The summed E-state index contributed by atoms with van der Waals surface area (Å²) in [6.45, 7) is 7.65. The average Bonchev–Trinajstić information content (AvgIpc) is 2.27. The minimum atomic E-state index is -1.56. The first kappa shape index (κ1) is 14.5. The SMILES string of the molecule is CC(C)c1cc(C(O)C(=O)O)cc(C(C)C)c1O. The lowest BCUT2D eigenvalue weighted by Gasteiger charge is -2.18. The van der Waals surface area contributed by atoms with Crippen molar-refractivity contribution in [2.75, 3.05) is 0 Å². The highest BCUT2D eigenvalue weighted by atomic mass is 16.4. The molecule has 0 bridgehead atoms. The molecular formula is C14H20O4. The minimum Gasteiger partial charge on any atom is -0.507 e. The van der Waals surface area contributed by atoms with Crippen LogP contribution in [0.1, 0.15) is 62.3 Å². The lowest BCUT2D eigenvalue weighted by Crippen LogP contribution is -2.12. The van der Waals surface area contributed by atoms with Crippen LogP contribution in [0.5, 0.6) is 5.75 Å². The minimum absolute atomic E-state index is 0.0587. The van der Waals surface area contributed by atoms with Crippen LogP contribution in [0.25, 0.3) is 0 Å². The van der Waals surface area contributed by atoms with Crippen LogP contribution >= 0.6 is 0 Å². The highest BCUT2D eigenvalue weighted by Gasteiger charge is 2.21. The number of carboxylic acids is 1. The fraction of sp³-hybridized carbons (Fsp3) is 0.500. The molecule has 100 valence electrons. The van der Waals surface area contributed by atoms with Crippen molar-refractivity contribution in [3.8, 4) is 5.75 Å². The molecule has 1 atom stereocenters. The molecule has 18 heavy (non-hydrogen) atoms. The predicted molar refractivity (Wildman–Crippen MR) is 68.9 cm³/mol. The summed E-state index contributed by atoms with van der Waals surface area (Å²) in [6, 6.07) is 3.12. The molecule has 1 aromatic carbocycles. The molecule has 0 fully saturated rings. The van der Waals surface area contributed by atoms with Gasteiger partial charge in [-0.2, -0.15) is 0 Å². The highest BCUT2D eigenvalue weighted by molar-refractivity contribution is 5.74. The Bertz CT molecular complexity index is 420. The molecule has 4 heteroatoms. The predicted octanol–water partition coefficient (Wildman–Crippen LogP) is 2.76. The van der Waals surface area contributed by atoms with Gasteiger partial charge in [0.25, 0.3) is 0 Å². The van der Waals surface area contributed by atoms with Crippen LogP contribution in [0.2, 0.25) is 0 Å². The lowest BCUT2D eigenvalue weighted by atomic mass is 9.90. The van der Waals surface area contributed by atoms with Crippen molar-refractivity contribution in [3.05, 3.63) is 28.8 Å². The van der Waals surface area contributed by atoms with Gasteiger partial charge in [-0.3, -0.25) is 0 Å². The van der Waals surface area contributed by atoms with Gasteiger partial charge in [0.15, 0.2) is 6.10 Å². The van der Waals surface area contributed by atoms with Crippen molar-refractivity contribution in [1.29, 1.82) is 0 Å². The van der Waals surface area contributed by atoms with Crippen molar-refractivity contribution < 1.29 is 20.1 Å². The first-order valence-corrected chi connectivity index (χ1v) is 6.03. The monoisotopic (exact) mass is 252 g/mol. The molecule has 0 saturated carbocycles. The van der Waals surface area contributed by atoms with E-state index in [1.54, 1.807) is 12.1 Å². The Kier molecular flexibility index (Phi) is 4.35. The van der Waals surface area contributed by atoms with Crippen molar-refractivity contribution in [1.82, 2.24) is 0 Å². The number of phenolic OH excluding ortho intramolecular Hbond substituents is 1. The molecule has 1 aromatic rings. The molecule has 0 amide bonds. The molecule has 0 aliphatic rings. The second kappa shape index (κ2) is 5.40. The summed E-state index contributed by atoms with van der Waals surface area (Å²) < 4.78 is 0. The van der Waals surface area contributed by atoms with Crippen molar-refractivity contribution in [3.63, 3.8) is 0 Å². The van der Waals surface area contributed by atoms with Crippen LogP contribution < -0.4 is 0 Å². The van der Waals surface area contributed by atoms with Crippen LogP contribution in [0.4, 0.5) is 0 Å². The van der Waals surface area contributed by atoms with Gasteiger partial charge < -0.3 is 15.3 Å². The first-order valence-electron chi connectivity index (χ1n) is 6.03. The second-order valence-electron chi connectivity index (χ2n) is 5.10. The molecule has 0 spiro atoms. The second-order valence-corrected chi connectivity index (χ2v) is 5.10. The molecular weight excluding hydrogens is 232 g/mol. The van der Waals surface area contributed by atoms with Crippen LogP contribution in [0.3, 0.4) is 0 Å². The number of aliphatic carboxylic acids is 1. The van der Waals surface area contributed by atoms with E-state index in [-0.39, 0.29) is 17.6 Å². The average molecular weight is 252 g/mol. The van der Waals surface area contributed by atoms with Gasteiger partial charge in [0, 0.05) is 0 Å². The Balaban J connectivity index is 3.42. The molecule has 4 nitrogen and oxygen atoms in total. The fourth-order valence-corrected chi connectivity index (χ4v) is 1.88. The summed E-state index contributed by atoms with van der Waals surface area (Å²) in [4.78, 5) is 10.8. The quantitative estimate of drug-likeness (QED) is 0.770. The van der Waals surface area contributed by atoms with Crippen LogP contribution in [-0.4, -0.2) is 21.3 Å². The smallest absolute Gasteiger partial charge is 0.337 e. The topological polar surface area (TPSA) is 77.8 Å². The van der Waals surface area contributed by atoms with Crippen molar-refractivity contribution >= 4 is 5.97 Å². The lowest BCUT2D eigenvalue weighted by molar-refractivity contribution is -0.146. The van der Waals surface area contributed by atoms with Gasteiger partial charge in [0.05, 0.1) is 0 Å². The maximum Gasteiger partial charge on any atom is 0.337 e. The van der Waals surface area contributed by atoms with Crippen LogP contribution in [-0.2, 0) is 4.79 Å². The third-order valence-electron chi connectivity index (χ3n) is 2.98. The third kappa shape index (κ3) is 2.82. The maximum absolute atomic E-state index is 10.8. The molecule has 0 radical (unpaired) electrons. The zero-order valence-corrected chi connectivity index (χ0v) is 11.1. The largest absolute Gasteiger partial charge is 0.507 e. The molecule has 0 aliphatic carbocycles. The number of rotatable bonds is 4. The summed E-state index contributed by atoms with van der Waals surface area (Å²) in [7, 11) is 0. The summed E-state index contributed by atoms with van der Waals surface area (Å²) in [5.41, 5.74) is 1.64. The Labute approximate surface area is 107 Å². The third-order valence-corrected chi connectivity index (χ3v) is 2.98. The number of aliphatic hydroxyl groups excluding tert-OH is 1. The van der Waals surface area contributed by atoms with Gasteiger partial charge in [-0.25, -0.2) is 4.79 Å². The molecule has 1 unspecified atom stereocenters. The molecule has 0 saturated heterocycles. The molecule has 1 rings (SSSR count). The fourth-order valence-electron chi connectivity index (χ4n) is 1.88. The summed E-state index contributed by atoms with van der Waals surface area (Å²) >= 11 is 0. The van der Waals surface area contributed by atoms with E-state index in [0.29, 0.717) is 16.7 Å². The molecule has 3 N–H and O–H groups in total. The van der Waals surface area contributed by atoms with E-state index < -0.39 is 12.1 Å². The zero-order chi connectivity index (χ0) is 14.0. The Morgan fingerprint density at radius 2 is 1.44 bits per heavy atom. The van der Waals surface area contributed by atoms with E-state index in [2.05, 4.69) is 0 Å². The van der Waals surface area contributed by atoms with E-state index >= 15 is 0 Å². The molecule has 0 aromatic heterocycles. The number of hydrogen-bond donors (Lipinski definition) is 3. The van der Waals surface area contributed by atoms with Crippen LogP contribution in [0, 0.1) is 0 Å². The summed E-state index contributed by atoms with van der Waals surface area (Å²) in [5.74, 6) is -0.974. The van der Waals surface area contributed by atoms with E-state index in [4.69, 9.17) is 5.11 Å². The van der Waals surface area contributed by atoms with E-state index in [0.717, 1.165) is 0 Å². The zero-order valence-electron chi connectivity index (χ0n) is 11.1. The highest BCUT2D eigenvalue weighted by Crippen LogP contribution is 2.36. The standard InChI is InChI=1S/C14H20O4/c1-7(2)10-5-9(12(15)14(17)18)6-11(8(3)4)13(10)16/h5-8,12,15-16H,1-4H3,(H,17,18). The number of aliphatic hydroxyl groups is 1. The number of aromatic hydroxyl groups is 1. The number of hydrogen-bond acceptors (Lipinski definition) is 3.